The van der Waals surface area contributed by atoms with Gasteiger partial charge in [0, 0.05) is 19.5 Å². The maximum atomic E-state index is 12.6. The third kappa shape index (κ3) is 5.81. The molecule has 0 saturated carbocycles. The molecular formula is C23H30N2O3. The van der Waals surface area contributed by atoms with Gasteiger partial charge in [0.15, 0.2) is 0 Å². The summed E-state index contributed by atoms with van der Waals surface area (Å²) in [5.74, 6) is 1.03. The first kappa shape index (κ1) is 20.4. The number of rotatable bonds is 2. The number of likely N-dealkylation sites (N-methyl/N-ethyl adjacent to an activating group) is 1. The van der Waals surface area contributed by atoms with Crippen molar-refractivity contribution in [1.82, 2.24) is 9.80 Å². The summed E-state index contributed by atoms with van der Waals surface area (Å²) in [5.41, 5.74) is 4.75. The second-order valence-electron chi connectivity index (χ2n) is 7.62. The molecule has 1 aliphatic rings. The lowest BCUT2D eigenvalue weighted by molar-refractivity contribution is -0.133. The van der Waals surface area contributed by atoms with Gasteiger partial charge in [-0.3, -0.25) is 4.79 Å². The van der Waals surface area contributed by atoms with Gasteiger partial charge in [0.1, 0.15) is 12.4 Å². The fourth-order valence-corrected chi connectivity index (χ4v) is 3.42. The molecule has 1 aliphatic heterocycles. The van der Waals surface area contributed by atoms with Gasteiger partial charge in [0.2, 0.25) is 5.91 Å². The molecule has 0 aromatic heterocycles. The fourth-order valence-electron chi connectivity index (χ4n) is 3.42. The van der Waals surface area contributed by atoms with Gasteiger partial charge < -0.3 is 19.3 Å². The van der Waals surface area contributed by atoms with Gasteiger partial charge in [-0.25, -0.2) is 0 Å². The highest BCUT2D eigenvalue weighted by Crippen LogP contribution is 2.24. The third-order valence-electron chi connectivity index (χ3n) is 4.77. The normalized spacial score (nSPS) is 15.5. The molecule has 0 aliphatic carbocycles. The molecule has 0 atom stereocenters. The monoisotopic (exact) mass is 382 g/mol. The van der Waals surface area contributed by atoms with E-state index in [2.05, 4.69) is 43.3 Å². The van der Waals surface area contributed by atoms with E-state index in [4.69, 9.17) is 9.47 Å². The molecule has 5 heteroatoms. The van der Waals surface area contributed by atoms with Crippen LogP contribution in [0.15, 0.2) is 42.5 Å². The summed E-state index contributed by atoms with van der Waals surface area (Å²) in [6.45, 7) is 5.18. The van der Waals surface area contributed by atoms with Crippen LogP contribution in [0.5, 0.6) is 5.75 Å². The zero-order valence-corrected chi connectivity index (χ0v) is 17.1. The predicted octanol–water partition coefficient (Wildman–Crippen LogP) is 2.89. The van der Waals surface area contributed by atoms with Crippen LogP contribution in [0, 0.1) is 6.92 Å². The van der Waals surface area contributed by atoms with Crippen LogP contribution >= 0.6 is 0 Å². The van der Waals surface area contributed by atoms with E-state index in [9.17, 15) is 4.79 Å². The Labute approximate surface area is 167 Å². The minimum atomic E-state index is 0.114. The Kier molecular flexibility index (Phi) is 7.06. The molecule has 0 radical (unpaired) electrons. The number of hydrogen-bond acceptors (Lipinski definition) is 4. The molecule has 150 valence electrons. The van der Waals surface area contributed by atoms with Crippen molar-refractivity contribution in [3.8, 4) is 5.75 Å². The van der Waals surface area contributed by atoms with Crippen LogP contribution in [-0.2, 0) is 22.5 Å². The maximum absolute atomic E-state index is 12.6. The van der Waals surface area contributed by atoms with Crippen LogP contribution in [0.3, 0.4) is 0 Å². The summed E-state index contributed by atoms with van der Waals surface area (Å²) in [4.78, 5) is 16.4. The van der Waals surface area contributed by atoms with Gasteiger partial charge in [-0.2, -0.15) is 0 Å². The SMILES string of the molecule is Cc1ccc2c(c1)Cc1cccc(c1)CN(C(=O)CN(C)C)CCOCCO2. The van der Waals surface area contributed by atoms with Crippen molar-refractivity contribution in [2.24, 2.45) is 0 Å². The van der Waals surface area contributed by atoms with Crippen molar-refractivity contribution in [3.63, 3.8) is 0 Å². The van der Waals surface area contributed by atoms with Gasteiger partial charge in [-0.1, -0.05) is 42.0 Å². The average Bonchev–Trinajstić information content (AvgIpc) is 2.64. The van der Waals surface area contributed by atoms with E-state index in [1.807, 2.05) is 30.0 Å². The largest absolute Gasteiger partial charge is 0.491 e. The van der Waals surface area contributed by atoms with Crippen molar-refractivity contribution in [2.75, 3.05) is 47.0 Å². The number of hydrogen-bond donors (Lipinski definition) is 0. The number of ether oxygens (including phenoxy) is 2. The summed E-state index contributed by atoms with van der Waals surface area (Å²) in [7, 11) is 3.83. The minimum Gasteiger partial charge on any atom is -0.491 e. The third-order valence-corrected chi connectivity index (χ3v) is 4.77. The zero-order chi connectivity index (χ0) is 19.9. The minimum absolute atomic E-state index is 0.114. The van der Waals surface area contributed by atoms with E-state index in [0.717, 1.165) is 17.7 Å². The summed E-state index contributed by atoms with van der Waals surface area (Å²) in [5, 5.41) is 0. The Morgan fingerprint density at radius 1 is 1.07 bits per heavy atom. The molecule has 5 nitrogen and oxygen atoms in total. The van der Waals surface area contributed by atoms with Gasteiger partial charge in [0.05, 0.1) is 19.8 Å². The average molecular weight is 383 g/mol. The van der Waals surface area contributed by atoms with Gasteiger partial charge in [0.25, 0.3) is 0 Å². The Morgan fingerprint density at radius 2 is 1.89 bits per heavy atom. The van der Waals surface area contributed by atoms with Crippen molar-refractivity contribution in [2.45, 2.75) is 19.9 Å². The second kappa shape index (κ2) is 9.71. The van der Waals surface area contributed by atoms with Crippen LogP contribution in [0.25, 0.3) is 0 Å². The molecule has 0 fully saturated rings. The van der Waals surface area contributed by atoms with E-state index < -0.39 is 0 Å². The van der Waals surface area contributed by atoms with Crippen molar-refractivity contribution >= 4 is 5.91 Å². The molecule has 1 amide bonds. The van der Waals surface area contributed by atoms with Crippen LogP contribution in [0.4, 0.5) is 0 Å². The lowest BCUT2D eigenvalue weighted by Crippen LogP contribution is -2.39. The predicted molar refractivity (Wildman–Crippen MR) is 111 cm³/mol. The van der Waals surface area contributed by atoms with Crippen LogP contribution in [0.1, 0.15) is 22.3 Å². The number of fused-ring (bicyclic) bond motifs is 3. The number of carbonyl (C=O) groups excluding carboxylic acids is 1. The summed E-state index contributed by atoms with van der Waals surface area (Å²) < 4.78 is 11.7. The highest BCUT2D eigenvalue weighted by Gasteiger charge is 2.16. The van der Waals surface area contributed by atoms with E-state index in [1.54, 1.807) is 0 Å². The molecule has 0 N–H and O–H groups in total. The standard InChI is InChI=1S/C23H30N2O3/c1-18-7-8-22-21(13-18)15-19-5-4-6-20(14-19)16-25(23(26)17-24(2)3)9-10-27-11-12-28-22/h4-8,13-14H,9-12,15-17H2,1-3H3. The molecule has 2 aromatic carbocycles. The molecule has 0 spiro atoms. The van der Waals surface area contributed by atoms with Crippen molar-refractivity contribution in [1.29, 1.82) is 0 Å². The molecule has 2 bridgehead atoms. The summed E-state index contributed by atoms with van der Waals surface area (Å²) in [6.07, 6.45) is 0.803. The maximum Gasteiger partial charge on any atom is 0.237 e. The second-order valence-corrected chi connectivity index (χ2v) is 7.62. The number of carbonyl (C=O) groups is 1. The lowest BCUT2D eigenvalue weighted by atomic mass is 10.0. The lowest BCUT2D eigenvalue weighted by Gasteiger charge is -2.25. The van der Waals surface area contributed by atoms with E-state index >= 15 is 0 Å². The summed E-state index contributed by atoms with van der Waals surface area (Å²) in [6, 6.07) is 14.8. The smallest absolute Gasteiger partial charge is 0.237 e. The fraction of sp³-hybridized carbons (Fsp3) is 0.435. The Hall–Kier alpha value is -2.37. The highest BCUT2D eigenvalue weighted by molar-refractivity contribution is 5.78. The van der Waals surface area contributed by atoms with E-state index in [1.165, 1.54) is 16.7 Å². The quantitative estimate of drug-likeness (QED) is 0.801. The number of aryl methyl sites for hydroxylation is 1. The molecule has 3 rings (SSSR count). The van der Waals surface area contributed by atoms with Gasteiger partial charge >= 0.3 is 0 Å². The Balaban J connectivity index is 1.86. The van der Waals surface area contributed by atoms with Crippen molar-refractivity contribution < 1.29 is 14.3 Å². The molecule has 0 saturated heterocycles. The van der Waals surface area contributed by atoms with Gasteiger partial charge in [-0.05, 0) is 43.8 Å². The zero-order valence-electron chi connectivity index (χ0n) is 17.1. The highest BCUT2D eigenvalue weighted by atomic mass is 16.5. The molecule has 2 aromatic rings. The Morgan fingerprint density at radius 3 is 2.71 bits per heavy atom. The topological polar surface area (TPSA) is 42.0 Å². The van der Waals surface area contributed by atoms with Crippen LogP contribution < -0.4 is 4.74 Å². The molecular weight excluding hydrogens is 352 g/mol. The summed E-state index contributed by atoms with van der Waals surface area (Å²) >= 11 is 0. The Bertz CT molecular complexity index is 804. The number of benzene rings is 2. The van der Waals surface area contributed by atoms with Crippen LogP contribution in [-0.4, -0.2) is 62.7 Å². The van der Waals surface area contributed by atoms with Crippen molar-refractivity contribution in [3.05, 3.63) is 64.7 Å². The van der Waals surface area contributed by atoms with E-state index in [0.29, 0.717) is 39.5 Å². The van der Waals surface area contributed by atoms with Crippen LogP contribution in [0.2, 0.25) is 0 Å². The molecule has 0 unspecified atom stereocenters. The molecule has 28 heavy (non-hydrogen) atoms. The number of amides is 1. The first-order valence-electron chi connectivity index (χ1n) is 9.81. The first-order valence-corrected chi connectivity index (χ1v) is 9.81. The van der Waals surface area contributed by atoms with Gasteiger partial charge in [-0.15, -0.1) is 0 Å². The molecule has 1 heterocycles. The number of nitrogens with zero attached hydrogens (tertiary/aromatic N) is 2. The van der Waals surface area contributed by atoms with E-state index in [-0.39, 0.29) is 5.91 Å². The first-order chi connectivity index (χ1) is 13.5.